The average Bonchev–Trinajstić information content (AvgIpc) is 3.06. The van der Waals surface area contributed by atoms with Crippen LogP contribution in [0.25, 0.3) is 0 Å². The normalized spacial score (nSPS) is 21.0. The van der Waals surface area contributed by atoms with Gasteiger partial charge in [0.25, 0.3) is 0 Å². The predicted octanol–water partition coefficient (Wildman–Crippen LogP) is 1.96. The van der Waals surface area contributed by atoms with Crippen molar-refractivity contribution in [1.82, 2.24) is 10.6 Å². The Bertz CT molecular complexity index is 635. The Morgan fingerprint density at radius 1 is 1.30 bits per heavy atom. The Labute approximate surface area is 143 Å². The van der Waals surface area contributed by atoms with E-state index in [9.17, 15) is 9.59 Å². The summed E-state index contributed by atoms with van der Waals surface area (Å²) in [5.74, 6) is 1.96. The molecule has 2 aliphatic rings. The van der Waals surface area contributed by atoms with E-state index in [1.165, 1.54) is 0 Å². The molecule has 2 amide bonds. The van der Waals surface area contributed by atoms with Gasteiger partial charge in [-0.1, -0.05) is 6.92 Å². The highest BCUT2D eigenvalue weighted by molar-refractivity contribution is 9.10. The van der Waals surface area contributed by atoms with Gasteiger partial charge >= 0.3 is 0 Å². The Morgan fingerprint density at radius 2 is 2.09 bits per heavy atom. The Balaban J connectivity index is 1.41. The van der Waals surface area contributed by atoms with Crippen molar-refractivity contribution in [2.45, 2.75) is 26.3 Å². The fourth-order valence-electron chi connectivity index (χ4n) is 2.53. The van der Waals surface area contributed by atoms with E-state index in [-0.39, 0.29) is 30.9 Å². The number of halogens is 1. The van der Waals surface area contributed by atoms with Crippen molar-refractivity contribution in [3.05, 3.63) is 22.2 Å². The Morgan fingerprint density at radius 3 is 2.83 bits per heavy atom. The lowest BCUT2D eigenvalue weighted by atomic mass is 10.2. The van der Waals surface area contributed by atoms with Gasteiger partial charge in [0.15, 0.2) is 11.5 Å². The summed E-state index contributed by atoms with van der Waals surface area (Å²) in [5, 5.41) is 5.64. The maximum atomic E-state index is 11.8. The smallest absolute Gasteiger partial charge is 0.231 e. The molecule has 2 unspecified atom stereocenters. The summed E-state index contributed by atoms with van der Waals surface area (Å²) in [6.45, 7) is 3.05. The highest BCUT2D eigenvalue weighted by Crippen LogP contribution is 2.40. The molecule has 0 radical (unpaired) electrons. The van der Waals surface area contributed by atoms with Crippen LogP contribution in [0, 0.1) is 11.8 Å². The van der Waals surface area contributed by atoms with Gasteiger partial charge in [-0.3, -0.25) is 9.59 Å². The predicted molar refractivity (Wildman–Crippen MR) is 87.0 cm³/mol. The van der Waals surface area contributed by atoms with Crippen molar-refractivity contribution >= 4 is 27.7 Å². The van der Waals surface area contributed by atoms with E-state index in [4.69, 9.17) is 9.47 Å². The number of hydrogen-bond donors (Lipinski definition) is 2. The van der Waals surface area contributed by atoms with Crippen molar-refractivity contribution in [2.24, 2.45) is 11.8 Å². The number of nitrogens with one attached hydrogen (secondary N) is 2. The zero-order valence-corrected chi connectivity index (χ0v) is 14.4. The third-order valence-electron chi connectivity index (χ3n) is 4.07. The van der Waals surface area contributed by atoms with Gasteiger partial charge < -0.3 is 20.1 Å². The average molecular weight is 383 g/mol. The van der Waals surface area contributed by atoms with Gasteiger partial charge in [-0.25, -0.2) is 0 Å². The zero-order valence-electron chi connectivity index (χ0n) is 12.9. The van der Waals surface area contributed by atoms with Gasteiger partial charge in [-0.05, 0) is 46.0 Å². The SMILES string of the molecule is CC1CC1C(=O)NCCC(=O)NCc1cc(Br)c2c(c1)OCO2. The van der Waals surface area contributed by atoms with Crippen molar-refractivity contribution < 1.29 is 19.1 Å². The van der Waals surface area contributed by atoms with Crippen molar-refractivity contribution in [3.63, 3.8) is 0 Å². The molecule has 0 spiro atoms. The first-order valence-corrected chi connectivity index (χ1v) is 8.46. The first kappa shape index (κ1) is 16.1. The summed E-state index contributed by atoms with van der Waals surface area (Å²) >= 11 is 3.42. The quantitative estimate of drug-likeness (QED) is 0.788. The third kappa shape index (κ3) is 3.96. The Hall–Kier alpha value is -1.76. The summed E-state index contributed by atoms with van der Waals surface area (Å²) in [4.78, 5) is 23.5. The standard InChI is InChI=1S/C16H19BrN2O4/c1-9-4-11(9)16(21)18-3-2-14(20)19-7-10-5-12(17)15-13(6-10)22-8-23-15/h5-6,9,11H,2-4,7-8H2,1H3,(H,18,21)(H,19,20). The number of rotatable bonds is 6. The molecular weight excluding hydrogens is 364 g/mol. The highest BCUT2D eigenvalue weighted by Gasteiger charge is 2.38. The fourth-order valence-corrected chi connectivity index (χ4v) is 3.13. The van der Waals surface area contributed by atoms with Crippen LogP contribution in [-0.2, 0) is 16.1 Å². The maximum Gasteiger partial charge on any atom is 0.231 e. The molecule has 7 heteroatoms. The third-order valence-corrected chi connectivity index (χ3v) is 4.66. The van der Waals surface area contributed by atoms with Crippen molar-refractivity contribution in [3.8, 4) is 11.5 Å². The second kappa shape index (κ2) is 6.78. The molecule has 1 saturated carbocycles. The van der Waals surface area contributed by atoms with Gasteiger partial charge in [0.2, 0.25) is 18.6 Å². The van der Waals surface area contributed by atoms with E-state index in [0.29, 0.717) is 30.5 Å². The fraction of sp³-hybridized carbons (Fsp3) is 0.500. The minimum absolute atomic E-state index is 0.0602. The molecular formula is C16H19BrN2O4. The van der Waals surface area contributed by atoms with E-state index in [2.05, 4.69) is 33.5 Å². The summed E-state index contributed by atoms with van der Waals surface area (Å²) in [6, 6.07) is 3.74. The number of benzene rings is 1. The first-order valence-electron chi connectivity index (χ1n) is 7.67. The number of fused-ring (bicyclic) bond motifs is 1. The lowest BCUT2D eigenvalue weighted by Gasteiger charge is -2.08. The van der Waals surface area contributed by atoms with Crippen LogP contribution in [0.5, 0.6) is 11.5 Å². The summed E-state index contributed by atoms with van der Waals surface area (Å²) < 4.78 is 11.5. The van der Waals surface area contributed by atoms with Crippen LogP contribution in [0.2, 0.25) is 0 Å². The second-order valence-corrected chi connectivity index (χ2v) is 6.80. The summed E-state index contributed by atoms with van der Waals surface area (Å²) in [6.07, 6.45) is 1.23. The van der Waals surface area contributed by atoms with Gasteiger partial charge in [0.05, 0.1) is 4.47 Å². The number of amides is 2. The van der Waals surface area contributed by atoms with E-state index < -0.39 is 0 Å². The van der Waals surface area contributed by atoms with Crippen molar-refractivity contribution in [1.29, 1.82) is 0 Å². The van der Waals surface area contributed by atoms with E-state index in [0.717, 1.165) is 16.5 Å². The van der Waals surface area contributed by atoms with Crippen LogP contribution in [0.4, 0.5) is 0 Å². The van der Waals surface area contributed by atoms with Crippen LogP contribution in [0.15, 0.2) is 16.6 Å². The molecule has 124 valence electrons. The Kier molecular flexibility index (Phi) is 4.75. The largest absolute Gasteiger partial charge is 0.454 e. The summed E-state index contributed by atoms with van der Waals surface area (Å²) in [7, 11) is 0. The molecule has 6 nitrogen and oxygen atoms in total. The summed E-state index contributed by atoms with van der Waals surface area (Å²) in [5.41, 5.74) is 0.922. The molecule has 2 atom stereocenters. The van der Waals surface area contributed by atoms with Crippen LogP contribution >= 0.6 is 15.9 Å². The van der Waals surface area contributed by atoms with Crippen LogP contribution in [0.1, 0.15) is 25.3 Å². The lowest BCUT2D eigenvalue weighted by Crippen LogP contribution is -2.31. The molecule has 1 aromatic carbocycles. The van der Waals surface area contributed by atoms with Gasteiger partial charge in [0.1, 0.15) is 0 Å². The molecule has 23 heavy (non-hydrogen) atoms. The molecule has 1 aromatic rings. The van der Waals surface area contributed by atoms with Gasteiger partial charge in [0, 0.05) is 25.4 Å². The van der Waals surface area contributed by atoms with Crippen LogP contribution in [0.3, 0.4) is 0 Å². The number of carbonyl (C=O) groups is 2. The molecule has 3 rings (SSSR count). The molecule has 1 heterocycles. The maximum absolute atomic E-state index is 11.8. The van der Waals surface area contributed by atoms with Gasteiger partial charge in [-0.2, -0.15) is 0 Å². The van der Waals surface area contributed by atoms with Crippen LogP contribution in [-0.4, -0.2) is 25.2 Å². The van der Waals surface area contributed by atoms with Crippen LogP contribution < -0.4 is 20.1 Å². The van der Waals surface area contributed by atoms with E-state index in [1.807, 2.05) is 12.1 Å². The van der Waals surface area contributed by atoms with E-state index in [1.54, 1.807) is 0 Å². The van der Waals surface area contributed by atoms with Crippen molar-refractivity contribution in [2.75, 3.05) is 13.3 Å². The monoisotopic (exact) mass is 382 g/mol. The zero-order chi connectivity index (χ0) is 16.4. The molecule has 0 aromatic heterocycles. The van der Waals surface area contributed by atoms with Gasteiger partial charge in [-0.15, -0.1) is 0 Å². The molecule has 1 aliphatic carbocycles. The lowest BCUT2D eigenvalue weighted by molar-refractivity contribution is -0.123. The minimum atomic E-state index is -0.0945. The second-order valence-electron chi connectivity index (χ2n) is 5.95. The molecule has 0 bridgehead atoms. The number of ether oxygens (including phenoxy) is 2. The molecule has 0 saturated heterocycles. The minimum Gasteiger partial charge on any atom is -0.454 e. The highest BCUT2D eigenvalue weighted by atomic mass is 79.9. The number of hydrogen-bond acceptors (Lipinski definition) is 4. The molecule has 1 aliphatic heterocycles. The van der Waals surface area contributed by atoms with E-state index >= 15 is 0 Å². The first-order chi connectivity index (χ1) is 11.0. The molecule has 1 fully saturated rings. The topological polar surface area (TPSA) is 76.7 Å². The molecule has 2 N–H and O–H groups in total. The number of carbonyl (C=O) groups excluding carboxylic acids is 2.